The third-order valence-electron chi connectivity index (χ3n) is 3.73. The summed E-state index contributed by atoms with van der Waals surface area (Å²) in [5.41, 5.74) is 8.11. The number of fused-ring (bicyclic) bond motifs is 1. The molecule has 0 amide bonds. The molecule has 0 saturated carbocycles. The van der Waals surface area contributed by atoms with E-state index in [0.29, 0.717) is 13.2 Å². The van der Waals surface area contributed by atoms with Gasteiger partial charge in [0.25, 0.3) is 6.02 Å². The van der Waals surface area contributed by atoms with Gasteiger partial charge in [0, 0.05) is 28.9 Å². The van der Waals surface area contributed by atoms with Crippen molar-refractivity contribution in [2.75, 3.05) is 13.2 Å². The fraction of sp³-hybridized carbons (Fsp3) is 0.312. The molecule has 0 aliphatic carbocycles. The van der Waals surface area contributed by atoms with Crippen LogP contribution in [0.5, 0.6) is 5.75 Å². The van der Waals surface area contributed by atoms with E-state index < -0.39 is 0 Å². The Labute approximate surface area is 128 Å². The maximum atomic E-state index is 7.19. The normalized spacial score (nSPS) is 19.9. The van der Waals surface area contributed by atoms with E-state index in [0.717, 1.165) is 28.9 Å². The monoisotopic (exact) mass is 298 g/mol. The first-order valence-corrected chi connectivity index (χ1v) is 7.04. The molecule has 22 heavy (non-hydrogen) atoms. The Hall–Kier alpha value is -2.63. The highest BCUT2D eigenvalue weighted by atomic mass is 16.5. The number of hydrogen-bond donors (Lipinski definition) is 2. The molecule has 0 spiro atoms. The number of nitrogens with zero attached hydrogens (tertiary/aromatic N) is 2. The Morgan fingerprint density at radius 2 is 2.18 bits per heavy atom. The summed E-state index contributed by atoms with van der Waals surface area (Å²) in [5, 5.41) is 7.19. The Morgan fingerprint density at radius 3 is 2.91 bits per heavy atom. The van der Waals surface area contributed by atoms with Gasteiger partial charge >= 0.3 is 0 Å². The third kappa shape index (κ3) is 2.86. The third-order valence-corrected chi connectivity index (χ3v) is 3.73. The van der Waals surface area contributed by atoms with E-state index in [1.807, 2.05) is 18.2 Å². The van der Waals surface area contributed by atoms with Gasteiger partial charge < -0.3 is 15.2 Å². The van der Waals surface area contributed by atoms with Crippen LogP contribution in [0.25, 0.3) is 11.1 Å². The number of para-hydroxylation sites is 1. The van der Waals surface area contributed by atoms with Crippen molar-refractivity contribution in [3.63, 3.8) is 0 Å². The quantitative estimate of drug-likeness (QED) is 0.667. The van der Waals surface area contributed by atoms with Crippen LogP contribution in [0.2, 0.25) is 0 Å². The largest absolute Gasteiger partial charge is 0.492 e. The van der Waals surface area contributed by atoms with Crippen molar-refractivity contribution >= 4 is 6.02 Å². The Kier molecular flexibility index (Phi) is 3.66. The summed E-state index contributed by atoms with van der Waals surface area (Å²) in [6.45, 7) is 2.94. The number of amidine groups is 1. The molecule has 2 heterocycles. The van der Waals surface area contributed by atoms with Crippen molar-refractivity contribution < 1.29 is 9.47 Å². The lowest BCUT2D eigenvalue weighted by Gasteiger charge is -2.35. The van der Waals surface area contributed by atoms with E-state index in [1.165, 1.54) is 6.33 Å². The van der Waals surface area contributed by atoms with Crippen LogP contribution < -0.4 is 10.5 Å². The second-order valence-corrected chi connectivity index (χ2v) is 5.85. The van der Waals surface area contributed by atoms with Gasteiger partial charge in [-0.25, -0.2) is 9.97 Å². The highest BCUT2D eigenvalue weighted by Gasteiger charge is 2.33. The minimum atomic E-state index is -0.262. The molecule has 1 aliphatic rings. The van der Waals surface area contributed by atoms with E-state index in [4.69, 9.17) is 20.6 Å². The van der Waals surface area contributed by atoms with Gasteiger partial charge in [0.2, 0.25) is 0 Å². The fourth-order valence-corrected chi connectivity index (χ4v) is 2.66. The topological polar surface area (TPSA) is 94.1 Å². The van der Waals surface area contributed by atoms with Gasteiger partial charge in [-0.05, 0) is 12.0 Å². The van der Waals surface area contributed by atoms with Gasteiger partial charge in [-0.15, -0.1) is 0 Å². The summed E-state index contributed by atoms with van der Waals surface area (Å²) in [6, 6.07) is 5.80. The van der Waals surface area contributed by atoms with Crippen molar-refractivity contribution in [3.8, 4) is 16.9 Å². The molecule has 1 aromatic heterocycles. The molecule has 1 aliphatic heterocycles. The first kappa shape index (κ1) is 14.3. The van der Waals surface area contributed by atoms with Gasteiger partial charge in [0.15, 0.2) is 0 Å². The van der Waals surface area contributed by atoms with E-state index in [-0.39, 0.29) is 11.4 Å². The van der Waals surface area contributed by atoms with Crippen LogP contribution in [0, 0.1) is 10.8 Å². The average Bonchev–Trinajstić information content (AvgIpc) is 2.53. The van der Waals surface area contributed by atoms with E-state index in [1.54, 1.807) is 12.4 Å². The summed E-state index contributed by atoms with van der Waals surface area (Å²) in [5.74, 6) is 0.873. The maximum absolute atomic E-state index is 7.19. The molecule has 1 atom stereocenters. The van der Waals surface area contributed by atoms with Crippen LogP contribution in [0.3, 0.4) is 0 Å². The molecule has 3 rings (SSSR count). The second kappa shape index (κ2) is 5.63. The Balaban J connectivity index is 1.89. The zero-order valence-electron chi connectivity index (χ0n) is 12.4. The smallest absolute Gasteiger partial charge is 0.279 e. The number of nitrogens with one attached hydrogen (secondary N) is 1. The van der Waals surface area contributed by atoms with Crippen molar-refractivity contribution in [2.45, 2.75) is 13.3 Å². The summed E-state index contributed by atoms with van der Waals surface area (Å²) in [4.78, 5) is 8.13. The first-order chi connectivity index (χ1) is 10.6. The summed E-state index contributed by atoms with van der Waals surface area (Å²) < 4.78 is 11.2. The molecule has 1 aromatic carbocycles. The predicted molar refractivity (Wildman–Crippen MR) is 82.6 cm³/mol. The standard InChI is InChI=1S/C16H18N4O2/c1-16(9-22-15(17)18)5-11-3-2-4-13(14(11)21-8-16)12-6-19-10-20-7-12/h2-4,6-7,10H,5,8-9H2,1H3,(H3,17,18)/t16-/m1/s1. The van der Waals surface area contributed by atoms with Gasteiger partial charge in [-0.2, -0.15) is 0 Å². The second-order valence-electron chi connectivity index (χ2n) is 5.85. The van der Waals surface area contributed by atoms with Gasteiger partial charge in [0.1, 0.15) is 18.7 Å². The molecule has 0 bridgehead atoms. The lowest BCUT2D eigenvalue weighted by Crippen LogP contribution is -2.38. The average molecular weight is 298 g/mol. The number of aromatic nitrogens is 2. The number of nitrogens with two attached hydrogens (primary N) is 1. The lowest BCUT2D eigenvalue weighted by molar-refractivity contribution is 0.0718. The predicted octanol–water partition coefficient (Wildman–Crippen LogP) is 1.99. The van der Waals surface area contributed by atoms with Crippen molar-refractivity contribution in [1.29, 1.82) is 5.41 Å². The SMILES string of the molecule is C[C@]1(COC(=N)N)COc2c(cccc2-c2cncnc2)C1. The van der Waals surface area contributed by atoms with Crippen LogP contribution in [-0.4, -0.2) is 29.2 Å². The van der Waals surface area contributed by atoms with Gasteiger partial charge in [-0.1, -0.05) is 25.1 Å². The number of rotatable bonds is 3. The van der Waals surface area contributed by atoms with Gasteiger partial charge in [-0.3, -0.25) is 5.41 Å². The van der Waals surface area contributed by atoms with E-state index >= 15 is 0 Å². The molecule has 0 radical (unpaired) electrons. The molecule has 0 saturated heterocycles. The molecule has 2 aromatic rings. The molecule has 114 valence electrons. The number of ether oxygens (including phenoxy) is 2. The summed E-state index contributed by atoms with van der Waals surface area (Å²) in [7, 11) is 0. The molecule has 3 N–H and O–H groups in total. The van der Waals surface area contributed by atoms with Crippen molar-refractivity contribution in [2.24, 2.45) is 11.1 Å². The molecule has 0 unspecified atom stereocenters. The van der Waals surface area contributed by atoms with Crippen molar-refractivity contribution in [3.05, 3.63) is 42.5 Å². The maximum Gasteiger partial charge on any atom is 0.279 e. The van der Waals surface area contributed by atoms with Crippen LogP contribution >= 0.6 is 0 Å². The van der Waals surface area contributed by atoms with Crippen LogP contribution in [0.1, 0.15) is 12.5 Å². The van der Waals surface area contributed by atoms with Crippen LogP contribution in [0.15, 0.2) is 36.9 Å². The molecule has 6 heteroatoms. The minimum Gasteiger partial charge on any atom is -0.492 e. The molecule has 0 fully saturated rings. The zero-order chi connectivity index (χ0) is 15.6. The summed E-state index contributed by atoms with van der Waals surface area (Å²) >= 11 is 0. The fourth-order valence-electron chi connectivity index (χ4n) is 2.66. The Morgan fingerprint density at radius 1 is 1.41 bits per heavy atom. The van der Waals surface area contributed by atoms with E-state index in [9.17, 15) is 0 Å². The molecular weight excluding hydrogens is 280 g/mol. The minimum absolute atomic E-state index is 0.204. The van der Waals surface area contributed by atoms with Gasteiger partial charge in [0.05, 0.1) is 6.61 Å². The zero-order valence-corrected chi connectivity index (χ0v) is 12.4. The first-order valence-electron chi connectivity index (χ1n) is 7.04. The number of hydrogen-bond acceptors (Lipinski definition) is 5. The highest BCUT2D eigenvalue weighted by molar-refractivity contribution is 5.71. The van der Waals surface area contributed by atoms with Crippen LogP contribution in [0.4, 0.5) is 0 Å². The summed E-state index contributed by atoms with van der Waals surface area (Å²) in [6.07, 6.45) is 5.87. The molecule has 6 nitrogen and oxygen atoms in total. The van der Waals surface area contributed by atoms with E-state index in [2.05, 4.69) is 16.9 Å². The molecular formula is C16H18N4O2. The van der Waals surface area contributed by atoms with Crippen molar-refractivity contribution in [1.82, 2.24) is 9.97 Å². The lowest BCUT2D eigenvalue weighted by atomic mass is 9.82. The Bertz CT molecular complexity index is 690. The highest BCUT2D eigenvalue weighted by Crippen LogP contribution is 2.40. The van der Waals surface area contributed by atoms with Crippen LogP contribution in [-0.2, 0) is 11.2 Å². The number of benzene rings is 1.